The summed E-state index contributed by atoms with van der Waals surface area (Å²) in [6, 6.07) is 7.39. The maximum atomic E-state index is 4.79. The standard InChI is InChI=1S/C9H8N3O/c1-13-8-4-2-7(3-5-8)9-10-6-11-12-9/h2-6H,1H2,(H,10,11,12). The molecule has 0 amide bonds. The summed E-state index contributed by atoms with van der Waals surface area (Å²) in [5.41, 5.74) is 0.946. The first-order chi connectivity index (χ1) is 6.40. The lowest BCUT2D eigenvalue weighted by molar-refractivity contribution is 0.473. The van der Waals surface area contributed by atoms with Crippen molar-refractivity contribution in [3.05, 3.63) is 37.7 Å². The molecule has 4 heteroatoms. The minimum absolute atomic E-state index is 0.676. The van der Waals surface area contributed by atoms with Crippen molar-refractivity contribution in [2.75, 3.05) is 0 Å². The van der Waals surface area contributed by atoms with Gasteiger partial charge in [0, 0.05) is 5.56 Å². The van der Waals surface area contributed by atoms with E-state index in [1.807, 2.05) is 24.3 Å². The fourth-order valence-electron chi connectivity index (χ4n) is 1.05. The molecular weight excluding hydrogens is 166 g/mol. The normalized spacial score (nSPS) is 9.92. The van der Waals surface area contributed by atoms with Gasteiger partial charge in [0.15, 0.2) is 5.82 Å². The molecule has 2 rings (SSSR count). The lowest BCUT2D eigenvalue weighted by atomic mass is 10.2. The molecular formula is C9H8N3O. The Morgan fingerprint density at radius 1 is 1.23 bits per heavy atom. The molecule has 1 aromatic carbocycles. The quantitative estimate of drug-likeness (QED) is 0.752. The molecule has 0 saturated carbocycles. The van der Waals surface area contributed by atoms with Crippen LogP contribution in [0.2, 0.25) is 0 Å². The SMILES string of the molecule is [CH2]Oc1ccc(-c2nc[nH]n2)cc1. The molecule has 0 bridgehead atoms. The molecule has 0 spiro atoms. The molecule has 1 heterocycles. The van der Waals surface area contributed by atoms with Crippen LogP contribution in [0.4, 0.5) is 0 Å². The summed E-state index contributed by atoms with van der Waals surface area (Å²) >= 11 is 0. The minimum atomic E-state index is 0.676. The number of benzene rings is 1. The molecule has 13 heavy (non-hydrogen) atoms. The van der Waals surface area contributed by atoms with Crippen LogP contribution in [0.3, 0.4) is 0 Å². The van der Waals surface area contributed by atoms with Crippen molar-refractivity contribution in [3.63, 3.8) is 0 Å². The monoisotopic (exact) mass is 174 g/mol. The molecule has 1 N–H and O–H groups in total. The Hall–Kier alpha value is -1.84. The average Bonchev–Trinajstić information content (AvgIpc) is 2.71. The van der Waals surface area contributed by atoms with Crippen LogP contribution >= 0.6 is 0 Å². The van der Waals surface area contributed by atoms with Gasteiger partial charge in [-0.2, -0.15) is 5.10 Å². The highest BCUT2D eigenvalue weighted by atomic mass is 16.5. The Labute approximate surface area is 75.6 Å². The van der Waals surface area contributed by atoms with E-state index < -0.39 is 0 Å². The summed E-state index contributed by atoms with van der Waals surface area (Å²) in [7, 11) is 3.31. The molecule has 0 aliphatic carbocycles. The maximum Gasteiger partial charge on any atom is 0.180 e. The van der Waals surface area contributed by atoms with E-state index in [1.165, 1.54) is 0 Å². The topological polar surface area (TPSA) is 50.8 Å². The predicted octanol–water partition coefficient (Wildman–Crippen LogP) is 1.64. The van der Waals surface area contributed by atoms with Crippen molar-refractivity contribution >= 4 is 0 Å². The molecule has 0 fully saturated rings. The van der Waals surface area contributed by atoms with E-state index in [2.05, 4.69) is 22.3 Å². The van der Waals surface area contributed by atoms with Gasteiger partial charge >= 0.3 is 0 Å². The molecule has 2 aromatic rings. The molecule has 0 aliphatic heterocycles. The van der Waals surface area contributed by atoms with Crippen LogP contribution in [0.1, 0.15) is 0 Å². The van der Waals surface area contributed by atoms with Crippen molar-refractivity contribution in [3.8, 4) is 17.1 Å². The third-order valence-electron chi connectivity index (χ3n) is 1.69. The molecule has 1 radical (unpaired) electrons. The molecule has 4 nitrogen and oxygen atoms in total. The van der Waals surface area contributed by atoms with Crippen LogP contribution in [0.5, 0.6) is 5.75 Å². The van der Waals surface area contributed by atoms with Gasteiger partial charge in [0.1, 0.15) is 19.2 Å². The Balaban J connectivity index is 2.33. The number of hydrogen-bond acceptors (Lipinski definition) is 3. The molecule has 0 aliphatic rings. The van der Waals surface area contributed by atoms with Gasteiger partial charge in [-0.1, -0.05) is 0 Å². The summed E-state index contributed by atoms with van der Waals surface area (Å²) in [6.45, 7) is 0. The Morgan fingerprint density at radius 2 is 2.00 bits per heavy atom. The third kappa shape index (κ3) is 1.51. The van der Waals surface area contributed by atoms with E-state index in [0.717, 1.165) is 11.3 Å². The lowest BCUT2D eigenvalue weighted by Crippen LogP contribution is -1.82. The number of hydrogen-bond donors (Lipinski definition) is 1. The van der Waals surface area contributed by atoms with Crippen LogP contribution in [0, 0.1) is 7.11 Å². The van der Waals surface area contributed by atoms with Crippen molar-refractivity contribution in [2.45, 2.75) is 0 Å². The first-order valence-electron chi connectivity index (χ1n) is 3.78. The zero-order valence-electron chi connectivity index (χ0n) is 6.90. The highest BCUT2D eigenvalue weighted by Gasteiger charge is 2.00. The zero-order chi connectivity index (χ0) is 9.10. The van der Waals surface area contributed by atoms with Gasteiger partial charge in [0.25, 0.3) is 0 Å². The number of H-pyrrole nitrogens is 1. The van der Waals surface area contributed by atoms with Crippen LogP contribution in [0.25, 0.3) is 11.4 Å². The first-order valence-corrected chi connectivity index (χ1v) is 3.78. The van der Waals surface area contributed by atoms with Gasteiger partial charge in [0.2, 0.25) is 0 Å². The van der Waals surface area contributed by atoms with E-state index in [9.17, 15) is 0 Å². The summed E-state index contributed by atoms with van der Waals surface area (Å²) in [6.07, 6.45) is 1.54. The molecule has 0 atom stereocenters. The lowest BCUT2D eigenvalue weighted by Gasteiger charge is -1.98. The van der Waals surface area contributed by atoms with Crippen molar-refractivity contribution in [1.29, 1.82) is 0 Å². The van der Waals surface area contributed by atoms with Crippen LogP contribution in [-0.2, 0) is 0 Å². The molecule has 65 valence electrons. The van der Waals surface area contributed by atoms with E-state index in [4.69, 9.17) is 4.74 Å². The van der Waals surface area contributed by atoms with Crippen molar-refractivity contribution in [1.82, 2.24) is 15.2 Å². The second-order valence-electron chi connectivity index (χ2n) is 2.49. The van der Waals surface area contributed by atoms with Crippen molar-refractivity contribution in [2.24, 2.45) is 0 Å². The highest BCUT2D eigenvalue weighted by Crippen LogP contribution is 2.18. The third-order valence-corrected chi connectivity index (χ3v) is 1.69. The number of aromatic nitrogens is 3. The van der Waals surface area contributed by atoms with Crippen LogP contribution in [-0.4, -0.2) is 15.2 Å². The molecule has 1 aromatic heterocycles. The number of aromatic amines is 1. The Morgan fingerprint density at radius 3 is 2.54 bits per heavy atom. The largest absolute Gasteiger partial charge is 0.490 e. The Bertz CT molecular complexity index is 366. The van der Waals surface area contributed by atoms with Gasteiger partial charge in [-0.25, -0.2) is 4.98 Å². The summed E-state index contributed by atoms with van der Waals surface area (Å²) in [4.78, 5) is 4.02. The number of ether oxygens (including phenoxy) is 1. The average molecular weight is 174 g/mol. The van der Waals surface area contributed by atoms with Gasteiger partial charge in [0.05, 0.1) is 0 Å². The zero-order valence-corrected chi connectivity index (χ0v) is 6.90. The first kappa shape index (κ1) is 7.79. The Kier molecular flexibility index (Phi) is 1.96. The van der Waals surface area contributed by atoms with E-state index in [0.29, 0.717) is 5.82 Å². The smallest absolute Gasteiger partial charge is 0.180 e. The van der Waals surface area contributed by atoms with Gasteiger partial charge in [-0.15, -0.1) is 0 Å². The second-order valence-corrected chi connectivity index (χ2v) is 2.49. The summed E-state index contributed by atoms with van der Waals surface area (Å²) in [5.74, 6) is 1.40. The van der Waals surface area contributed by atoms with E-state index in [-0.39, 0.29) is 0 Å². The van der Waals surface area contributed by atoms with E-state index in [1.54, 1.807) is 6.33 Å². The van der Waals surface area contributed by atoms with Gasteiger partial charge in [-0.05, 0) is 24.3 Å². The number of nitrogens with zero attached hydrogens (tertiary/aromatic N) is 2. The molecule has 0 unspecified atom stereocenters. The van der Waals surface area contributed by atoms with Crippen LogP contribution < -0.4 is 4.74 Å². The van der Waals surface area contributed by atoms with E-state index >= 15 is 0 Å². The number of nitrogens with one attached hydrogen (secondary N) is 1. The highest BCUT2D eigenvalue weighted by molar-refractivity contribution is 5.55. The fourth-order valence-corrected chi connectivity index (χ4v) is 1.05. The van der Waals surface area contributed by atoms with Gasteiger partial charge < -0.3 is 4.74 Å². The maximum absolute atomic E-state index is 4.79. The number of rotatable bonds is 2. The second kappa shape index (κ2) is 3.26. The fraction of sp³-hybridized carbons (Fsp3) is 0. The summed E-state index contributed by atoms with van der Waals surface area (Å²) in [5, 5.41) is 6.60. The van der Waals surface area contributed by atoms with Gasteiger partial charge in [-0.3, -0.25) is 5.10 Å². The minimum Gasteiger partial charge on any atom is -0.490 e. The van der Waals surface area contributed by atoms with Crippen molar-refractivity contribution < 1.29 is 4.74 Å². The van der Waals surface area contributed by atoms with Crippen LogP contribution in [0.15, 0.2) is 30.6 Å². The molecule has 0 saturated heterocycles. The predicted molar refractivity (Wildman–Crippen MR) is 47.8 cm³/mol. The summed E-state index contributed by atoms with van der Waals surface area (Å²) < 4.78 is 4.79.